The summed E-state index contributed by atoms with van der Waals surface area (Å²) in [5, 5.41) is 18.8. The molecule has 3 aromatic rings. The normalized spacial score (nSPS) is 18.2. The minimum Gasteiger partial charge on any atom is -0.489 e. The van der Waals surface area contributed by atoms with Crippen LogP contribution in [-0.4, -0.2) is 53.4 Å². The molecule has 2 heterocycles. The Balaban J connectivity index is 1.21. The average molecular weight is 550 g/mol. The maximum atomic E-state index is 13.5. The van der Waals surface area contributed by atoms with Crippen molar-refractivity contribution in [1.29, 1.82) is 0 Å². The highest BCUT2D eigenvalue weighted by molar-refractivity contribution is 6.45. The van der Waals surface area contributed by atoms with E-state index in [1.807, 2.05) is 18.2 Å². The average Bonchev–Trinajstić information content (AvgIpc) is 3.74. The van der Waals surface area contributed by atoms with Gasteiger partial charge < -0.3 is 24.9 Å². The second-order valence-corrected chi connectivity index (χ2v) is 10.7. The van der Waals surface area contributed by atoms with Crippen LogP contribution in [0.3, 0.4) is 0 Å². The first kappa shape index (κ1) is 25.8. The predicted octanol–water partition coefficient (Wildman–Crippen LogP) is 4.85. The van der Waals surface area contributed by atoms with E-state index in [0.717, 1.165) is 49.0 Å². The number of amides is 1. The highest BCUT2D eigenvalue weighted by Crippen LogP contribution is 2.34. The number of likely N-dealkylation sites (tertiary alicyclic amines) is 1. The van der Waals surface area contributed by atoms with Gasteiger partial charge in [-0.2, -0.15) is 0 Å². The molecule has 1 amide bonds. The van der Waals surface area contributed by atoms with Crippen LogP contribution in [0.15, 0.2) is 65.8 Å². The number of hydrogen-bond donors (Lipinski definition) is 2. The predicted molar refractivity (Wildman–Crippen MR) is 146 cm³/mol. The van der Waals surface area contributed by atoms with E-state index in [9.17, 15) is 14.3 Å². The van der Waals surface area contributed by atoms with E-state index in [1.165, 1.54) is 12.1 Å². The summed E-state index contributed by atoms with van der Waals surface area (Å²) in [5.74, 6) is -0.135. The summed E-state index contributed by atoms with van der Waals surface area (Å²) >= 11 is 6.45. The second kappa shape index (κ2) is 11.0. The second-order valence-electron chi connectivity index (χ2n) is 10.3. The standard InChI is InChI=1S/C30H29ClFN3O4/c31-25-15-20(5-11-27(25)39-23-8-9-23)29(36)26(16-35-12-1-13-35)33-30(37)28-24-10-4-19(14-21(24)17-38-34-28)18-2-6-22(32)7-3-18/h2-7,10-11,14-15,23,26,29,36H,1,8-9,12-13,16-17H2,(H,33,37)/t26-,29-/m1/s1. The van der Waals surface area contributed by atoms with E-state index in [0.29, 0.717) is 28.4 Å². The molecule has 0 aromatic heterocycles. The maximum absolute atomic E-state index is 13.5. The Kier molecular flexibility index (Phi) is 7.25. The zero-order valence-electron chi connectivity index (χ0n) is 21.3. The zero-order valence-corrected chi connectivity index (χ0v) is 22.0. The van der Waals surface area contributed by atoms with Gasteiger partial charge in [0.1, 0.15) is 24.3 Å². The first-order valence-corrected chi connectivity index (χ1v) is 13.6. The summed E-state index contributed by atoms with van der Waals surface area (Å²) in [6, 6.07) is 16.5. The lowest BCUT2D eigenvalue weighted by molar-refractivity contribution is -0.116. The lowest BCUT2D eigenvalue weighted by Gasteiger charge is -2.36. The number of carbonyl (C=O) groups excluding carboxylic acids is 1. The van der Waals surface area contributed by atoms with E-state index in [1.54, 1.807) is 30.3 Å². The van der Waals surface area contributed by atoms with Crippen LogP contribution < -0.4 is 10.1 Å². The molecule has 6 rings (SSSR count). The molecule has 7 nitrogen and oxygen atoms in total. The van der Waals surface area contributed by atoms with Gasteiger partial charge in [0.2, 0.25) is 0 Å². The molecule has 0 bridgehead atoms. The number of hydrogen-bond acceptors (Lipinski definition) is 6. The highest BCUT2D eigenvalue weighted by Gasteiger charge is 2.31. The first-order chi connectivity index (χ1) is 18.9. The number of nitrogens with one attached hydrogen (secondary N) is 1. The molecule has 0 radical (unpaired) electrons. The van der Waals surface area contributed by atoms with Crippen LogP contribution in [-0.2, 0) is 16.2 Å². The van der Waals surface area contributed by atoms with Gasteiger partial charge in [-0.3, -0.25) is 4.79 Å². The van der Waals surface area contributed by atoms with Gasteiger partial charge in [0.05, 0.1) is 17.2 Å². The van der Waals surface area contributed by atoms with Gasteiger partial charge in [-0.1, -0.05) is 47.1 Å². The topological polar surface area (TPSA) is 83.4 Å². The van der Waals surface area contributed by atoms with E-state index >= 15 is 0 Å². The number of aliphatic hydroxyl groups is 1. The number of nitrogens with zero attached hydrogens (tertiary/aromatic N) is 2. The molecule has 0 unspecified atom stereocenters. The van der Waals surface area contributed by atoms with Gasteiger partial charge >= 0.3 is 0 Å². The Morgan fingerprint density at radius 3 is 2.59 bits per heavy atom. The number of benzene rings is 3. The van der Waals surface area contributed by atoms with Crippen LogP contribution in [0.4, 0.5) is 4.39 Å². The van der Waals surface area contributed by atoms with Gasteiger partial charge in [-0.25, -0.2) is 4.39 Å². The molecule has 2 fully saturated rings. The van der Waals surface area contributed by atoms with Gasteiger partial charge in [0.15, 0.2) is 5.71 Å². The Labute approximate surface area is 231 Å². The maximum Gasteiger partial charge on any atom is 0.274 e. The van der Waals surface area contributed by atoms with Crippen LogP contribution in [0.1, 0.15) is 42.1 Å². The molecule has 3 aliphatic rings. The Morgan fingerprint density at radius 2 is 1.90 bits per heavy atom. The number of oxime groups is 1. The third-order valence-electron chi connectivity index (χ3n) is 7.35. The molecular formula is C30H29ClFN3O4. The van der Waals surface area contributed by atoms with Crippen molar-refractivity contribution in [2.75, 3.05) is 19.6 Å². The van der Waals surface area contributed by atoms with Crippen LogP contribution in [0.2, 0.25) is 5.02 Å². The number of fused-ring (bicyclic) bond motifs is 1. The minimum absolute atomic E-state index is 0.147. The number of ether oxygens (including phenoxy) is 1. The van der Waals surface area contributed by atoms with E-state index in [4.69, 9.17) is 21.2 Å². The highest BCUT2D eigenvalue weighted by atomic mass is 35.5. The number of aliphatic hydroxyl groups excluding tert-OH is 1. The third-order valence-corrected chi connectivity index (χ3v) is 7.64. The van der Waals surface area contributed by atoms with Crippen molar-refractivity contribution in [1.82, 2.24) is 10.2 Å². The lowest BCUT2D eigenvalue weighted by atomic mass is 9.95. The van der Waals surface area contributed by atoms with E-state index in [2.05, 4.69) is 15.4 Å². The van der Waals surface area contributed by atoms with Crippen molar-refractivity contribution in [2.24, 2.45) is 5.16 Å². The molecule has 3 aromatic carbocycles. The third kappa shape index (κ3) is 5.78. The minimum atomic E-state index is -0.993. The molecule has 2 N–H and O–H groups in total. The van der Waals surface area contributed by atoms with Crippen LogP contribution in [0.5, 0.6) is 5.75 Å². The summed E-state index contributed by atoms with van der Waals surface area (Å²) in [6.45, 7) is 2.52. The fraction of sp³-hybridized carbons (Fsp3) is 0.333. The van der Waals surface area contributed by atoms with Crippen LogP contribution in [0, 0.1) is 5.82 Å². The molecule has 1 saturated carbocycles. The molecule has 39 heavy (non-hydrogen) atoms. The van der Waals surface area contributed by atoms with Crippen molar-refractivity contribution >= 4 is 23.2 Å². The number of rotatable bonds is 9. The van der Waals surface area contributed by atoms with E-state index in [-0.39, 0.29) is 24.2 Å². The monoisotopic (exact) mass is 549 g/mol. The molecular weight excluding hydrogens is 521 g/mol. The van der Waals surface area contributed by atoms with E-state index < -0.39 is 18.1 Å². The quantitative estimate of drug-likeness (QED) is 0.399. The van der Waals surface area contributed by atoms with Crippen molar-refractivity contribution < 1.29 is 23.9 Å². The van der Waals surface area contributed by atoms with Gasteiger partial charge in [0.25, 0.3) is 5.91 Å². The Bertz CT molecular complexity index is 1410. The van der Waals surface area contributed by atoms with Gasteiger partial charge in [-0.15, -0.1) is 0 Å². The van der Waals surface area contributed by atoms with Gasteiger partial charge in [-0.05, 0) is 79.4 Å². The van der Waals surface area contributed by atoms with Crippen LogP contribution in [0.25, 0.3) is 11.1 Å². The summed E-state index contributed by atoms with van der Waals surface area (Å²) < 4.78 is 19.2. The van der Waals surface area contributed by atoms with Gasteiger partial charge in [0, 0.05) is 17.7 Å². The van der Waals surface area contributed by atoms with Crippen molar-refractivity contribution in [3.05, 3.63) is 88.2 Å². The zero-order chi connectivity index (χ0) is 26.9. The molecule has 2 aliphatic heterocycles. The fourth-order valence-electron chi connectivity index (χ4n) is 4.84. The largest absolute Gasteiger partial charge is 0.489 e. The van der Waals surface area contributed by atoms with Crippen LogP contribution >= 0.6 is 11.6 Å². The van der Waals surface area contributed by atoms with Crippen molar-refractivity contribution in [3.8, 4) is 16.9 Å². The molecule has 1 aliphatic carbocycles. The SMILES string of the molecule is O=C(N[C@H](CN1CCC1)[C@H](O)c1ccc(OC2CC2)c(Cl)c1)C1=NOCc2cc(-c3ccc(F)cc3)ccc21. The lowest BCUT2D eigenvalue weighted by Crippen LogP contribution is -2.52. The summed E-state index contributed by atoms with van der Waals surface area (Å²) in [7, 11) is 0. The van der Waals surface area contributed by atoms with Crippen molar-refractivity contribution in [2.45, 2.75) is 44.1 Å². The molecule has 2 atom stereocenters. The summed E-state index contributed by atoms with van der Waals surface area (Å²) in [4.78, 5) is 21.1. The molecule has 202 valence electrons. The first-order valence-electron chi connectivity index (χ1n) is 13.2. The fourth-order valence-corrected chi connectivity index (χ4v) is 5.08. The van der Waals surface area contributed by atoms with Crippen molar-refractivity contribution in [3.63, 3.8) is 0 Å². The molecule has 1 saturated heterocycles. The Morgan fingerprint density at radius 1 is 1.13 bits per heavy atom. The summed E-state index contributed by atoms with van der Waals surface area (Å²) in [5.41, 5.74) is 3.95. The molecule has 9 heteroatoms. The molecule has 0 spiro atoms. The number of halogens is 2. The number of carbonyl (C=O) groups is 1. The smallest absolute Gasteiger partial charge is 0.274 e. The Hall–Kier alpha value is -3.46. The summed E-state index contributed by atoms with van der Waals surface area (Å²) in [6.07, 6.45) is 2.35.